The number of nitrogens with zero attached hydrogens (tertiary/aromatic N) is 2. The van der Waals surface area contributed by atoms with Gasteiger partial charge in [0, 0.05) is 18.4 Å². The van der Waals surface area contributed by atoms with Crippen LogP contribution < -0.4 is 0 Å². The molecule has 0 saturated heterocycles. The minimum Gasteiger partial charge on any atom is -0.265 e. The Bertz CT molecular complexity index is 606. The molecule has 2 heteroatoms. The SMILES string of the molecule is C=CCc1nn(CC=C)c(CC=C)c1-c1ccccc1. The lowest BCUT2D eigenvalue weighted by atomic mass is 10.00. The van der Waals surface area contributed by atoms with Crippen LogP contribution in [0.3, 0.4) is 0 Å². The Labute approximate surface area is 120 Å². The summed E-state index contributed by atoms with van der Waals surface area (Å²) in [4.78, 5) is 0. The van der Waals surface area contributed by atoms with E-state index in [1.54, 1.807) is 0 Å². The highest BCUT2D eigenvalue weighted by molar-refractivity contribution is 5.69. The molecule has 20 heavy (non-hydrogen) atoms. The zero-order valence-electron chi connectivity index (χ0n) is 11.8. The van der Waals surface area contributed by atoms with Gasteiger partial charge >= 0.3 is 0 Å². The summed E-state index contributed by atoms with van der Waals surface area (Å²) in [6.45, 7) is 12.2. The lowest BCUT2D eigenvalue weighted by Crippen LogP contribution is -2.03. The predicted octanol–water partition coefficient (Wildman–Crippen LogP) is 4.19. The lowest BCUT2D eigenvalue weighted by molar-refractivity contribution is 0.661. The van der Waals surface area contributed by atoms with Crippen molar-refractivity contribution in [2.75, 3.05) is 0 Å². The molecule has 0 radical (unpaired) electrons. The van der Waals surface area contributed by atoms with Crippen LogP contribution in [-0.2, 0) is 19.4 Å². The number of rotatable bonds is 7. The first-order valence-electron chi connectivity index (χ1n) is 6.78. The average Bonchev–Trinajstić information content (AvgIpc) is 2.79. The molecule has 0 amide bonds. The van der Waals surface area contributed by atoms with Gasteiger partial charge in [0.15, 0.2) is 0 Å². The van der Waals surface area contributed by atoms with Crippen molar-refractivity contribution in [2.45, 2.75) is 19.4 Å². The monoisotopic (exact) mass is 264 g/mol. The van der Waals surface area contributed by atoms with Crippen LogP contribution in [0.5, 0.6) is 0 Å². The summed E-state index contributed by atoms with van der Waals surface area (Å²) in [6, 6.07) is 10.4. The third kappa shape index (κ3) is 2.80. The molecule has 0 saturated carbocycles. The number of hydrogen-bond acceptors (Lipinski definition) is 1. The van der Waals surface area contributed by atoms with Gasteiger partial charge < -0.3 is 0 Å². The molecule has 0 aliphatic rings. The van der Waals surface area contributed by atoms with Gasteiger partial charge in [-0.05, 0) is 5.56 Å². The Morgan fingerprint density at radius 2 is 1.65 bits per heavy atom. The van der Waals surface area contributed by atoms with Crippen molar-refractivity contribution in [2.24, 2.45) is 0 Å². The molecule has 0 fully saturated rings. The molecular formula is C18H20N2. The first-order valence-corrected chi connectivity index (χ1v) is 6.78. The number of benzene rings is 1. The van der Waals surface area contributed by atoms with E-state index in [4.69, 9.17) is 5.10 Å². The second-order valence-electron chi connectivity index (χ2n) is 4.59. The van der Waals surface area contributed by atoms with Crippen molar-refractivity contribution in [3.63, 3.8) is 0 Å². The standard InChI is InChI=1S/C18H20N2/c1-4-10-16-18(15-12-8-7-9-13-15)17(11-5-2)20(19-16)14-6-3/h4-9,12-13H,1-3,10-11,14H2. The minimum absolute atomic E-state index is 0.708. The van der Waals surface area contributed by atoms with Crippen LogP contribution in [0.4, 0.5) is 0 Å². The summed E-state index contributed by atoms with van der Waals surface area (Å²) >= 11 is 0. The van der Waals surface area contributed by atoms with E-state index in [2.05, 4.69) is 44.0 Å². The summed E-state index contributed by atoms with van der Waals surface area (Å²) in [7, 11) is 0. The molecule has 0 unspecified atom stereocenters. The normalized spacial score (nSPS) is 10.2. The van der Waals surface area contributed by atoms with Crippen molar-refractivity contribution in [3.05, 3.63) is 79.7 Å². The van der Waals surface area contributed by atoms with Crippen LogP contribution >= 0.6 is 0 Å². The van der Waals surface area contributed by atoms with Crippen molar-refractivity contribution >= 4 is 0 Å². The maximum absolute atomic E-state index is 4.71. The van der Waals surface area contributed by atoms with E-state index >= 15 is 0 Å². The molecule has 1 heterocycles. The van der Waals surface area contributed by atoms with Crippen molar-refractivity contribution in [3.8, 4) is 11.1 Å². The molecule has 0 spiro atoms. The maximum atomic E-state index is 4.71. The van der Waals surface area contributed by atoms with E-state index < -0.39 is 0 Å². The summed E-state index contributed by atoms with van der Waals surface area (Å²) in [6.07, 6.45) is 7.23. The molecular weight excluding hydrogens is 244 g/mol. The van der Waals surface area contributed by atoms with Gasteiger partial charge in [0.2, 0.25) is 0 Å². The zero-order chi connectivity index (χ0) is 14.4. The quantitative estimate of drug-likeness (QED) is 0.685. The molecule has 0 aliphatic carbocycles. The third-order valence-electron chi connectivity index (χ3n) is 3.17. The van der Waals surface area contributed by atoms with Crippen LogP contribution in [0, 0.1) is 0 Å². The van der Waals surface area contributed by atoms with E-state index in [0.717, 1.165) is 18.5 Å². The Kier molecular flexibility index (Phi) is 4.72. The molecule has 0 atom stereocenters. The Balaban J connectivity index is 2.63. The predicted molar refractivity (Wildman–Crippen MR) is 85.7 cm³/mol. The highest BCUT2D eigenvalue weighted by Crippen LogP contribution is 2.29. The van der Waals surface area contributed by atoms with E-state index in [9.17, 15) is 0 Å². The van der Waals surface area contributed by atoms with Gasteiger partial charge in [-0.2, -0.15) is 5.10 Å². The second-order valence-corrected chi connectivity index (χ2v) is 4.59. The molecule has 1 aromatic heterocycles. The second kappa shape index (κ2) is 6.71. The van der Waals surface area contributed by atoms with Gasteiger partial charge in [-0.15, -0.1) is 19.7 Å². The Morgan fingerprint density at radius 1 is 0.950 bits per heavy atom. The first kappa shape index (κ1) is 14.1. The molecule has 0 bridgehead atoms. The van der Waals surface area contributed by atoms with Crippen LogP contribution in [-0.4, -0.2) is 9.78 Å². The Hall–Kier alpha value is -2.35. The third-order valence-corrected chi connectivity index (χ3v) is 3.17. The van der Waals surface area contributed by atoms with Crippen molar-refractivity contribution < 1.29 is 0 Å². The topological polar surface area (TPSA) is 17.8 Å². The fraction of sp³-hybridized carbons (Fsp3) is 0.167. The number of aromatic nitrogens is 2. The summed E-state index contributed by atoms with van der Waals surface area (Å²) < 4.78 is 2.01. The molecule has 102 valence electrons. The highest BCUT2D eigenvalue weighted by Gasteiger charge is 2.16. The first-order chi connectivity index (χ1) is 9.81. The smallest absolute Gasteiger partial charge is 0.0743 e. The van der Waals surface area contributed by atoms with E-state index in [1.807, 2.05) is 29.0 Å². The number of hydrogen-bond donors (Lipinski definition) is 0. The van der Waals surface area contributed by atoms with Gasteiger partial charge in [0.1, 0.15) is 0 Å². The van der Waals surface area contributed by atoms with Gasteiger partial charge in [-0.25, -0.2) is 0 Å². The van der Waals surface area contributed by atoms with Gasteiger partial charge in [0.05, 0.1) is 17.9 Å². The van der Waals surface area contributed by atoms with E-state index in [-0.39, 0.29) is 0 Å². The summed E-state index contributed by atoms with van der Waals surface area (Å²) in [5, 5.41) is 4.71. The maximum Gasteiger partial charge on any atom is 0.0743 e. The van der Waals surface area contributed by atoms with Crippen molar-refractivity contribution in [1.82, 2.24) is 9.78 Å². The lowest BCUT2D eigenvalue weighted by Gasteiger charge is -2.06. The van der Waals surface area contributed by atoms with Crippen LogP contribution in [0.15, 0.2) is 68.3 Å². The van der Waals surface area contributed by atoms with Gasteiger partial charge in [-0.1, -0.05) is 48.6 Å². The van der Waals surface area contributed by atoms with Crippen molar-refractivity contribution in [1.29, 1.82) is 0 Å². The molecule has 2 aromatic rings. The molecule has 0 aliphatic heterocycles. The summed E-state index contributed by atoms with van der Waals surface area (Å²) in [5.74, 6) is 0. The van der Waals surface area contributed by atoms with Crippen LogP contribution in [0.25, 0.3) is 11.1 Å². The summed E-state index contributed by atoms with van der Waals surface area (Å²) in [5.41, 5.74) is 4.64. The van der Waals surface area contributed by atoms with E-state index in [1.165, 1.54) is 16.8 Å². The Morgan fingerprint density at radius 3 is 2.25 bits per heavy atom. The van der Waals surface area contributed by atoms with E-state index in [0.29, 0.717) is 6.54 Å². The molecule has 2 nitrogen and oxygen atoms in total. The highest BCUT2D eigenvalue weighted by atomic mass is 15.3. The minimum atomic E-state index is 0.708. The molecule has 2 rings (SSSR count). The number of allylic oxidation sites excluding steroid dienone is 3. The van der Waals surface area contributed by atoms with Gasteiger partial charge in [-0.3, -0.25) is 4.68 Å². The zero-order valence-corrected chi connectivity index (χ0v) is 11.8. The molecule has 0 N–H and O–H groups in total. The average molecular weight is 264 g/mol. The van der Waals surface area contributed by atoms with Crippen LogP contribution in [0.2, 0.25) is 0 Å². The van der Waals surface area contributed by atoms with Crippen LogP contribution in [0.1, 0.15) is 11.4 Å². The fourth-order valence-electron chi connectivity index (χ4n) is 2.39. The largest absolute Gasteiger partial charge is 0.265 e. The fourth-order valence-corrected chi connectivity index (χ4v) is 2.39. The van der Waals surface area contributed by atoms with Gasteiger partial charge in [0.25, 0.3) is 0 Å². The molecule has 1 aromatic carbocycles.